The van der Waals surface area contributed by atoms with Crippen LogP contribution >= 0.6 is 0 Å². The van der Waals surface area contributed by atoms with E-state index < -0.39 is 35.8 Å². The second kappa shape index (κ2) is 6.10. The Morgan fingerprint density at radius 2 is 1.95 bits per heavy atom. The molecule has 6 nitrogen and oxygen atoms in total. The van der Waals surface area contributed by atoms with E-state index in [9.17, 15) is 18.4 Å². The summed E-state index contributed by atoms with van der Waals surface area (Å²) in [5.41, 5.74) is -0.311. The van der Waals surface area contributed by atoms with Gasteiger partial charge in [-0.25, -0.2) is 18.4 Å². The molecule has 0 aliphatic heterocycles. The minimum atomic E-state index is -1.54. The van der Waals surface area contributed by atoms with Crippen LogP contribution in [0.3, 0.4) is 0 Å². The normalized spacial score (nSPS) is 13.5. The van der Waals surface area contributed by atoms with E-state index in [1.807, 2.05) is 10.6 Å². The molecule has 0 aliphatic rings. The van der Waals surface area contributed by atoms with Gasteiger partial charge in [0.1, 0.15) is 11.6 Å². The van der Waals surface area contributed by atoms with Gasteiger partial charge in [-0.05, 0) is 19.1 Å². The van der Waals surface area contributed by atoms with Crippen molar-refractivity contribution < 1.29 is 28.6 Å². The summed E-state index contributed by atoms with van der Waals surface area (Å²) in [6, 6.07) is -0.0778. The molecule has 0 spiro atoms. The molecule has 1 aromatic carbocycles. The summed E-state index contributed by atoms with van der Waals surface area (Å²) in [4.78, 5) is 22.1. The molecule has 0 fully saturated rings. The van der Waals surface area contributed by atoms with Crippen LogP contribution in [0.4, 0.5) is 19.3 Å². The van der Waals surface area contributed by atoms with Gasteiger partial charge in [0.25, 0.3) is 0 Å². The first kappa shape index (κ1) is 14.8. The first-order chi connectivity index (χ1) is 8.81. The maximum absolute atomic E-state index is 13.2. The van der Waals surface area contributed by atoms with Crippen molar-refractivity contribution >= 4 is 17.7 Å². The lowest BCUT2D eigenvalue weighted by Gasteiger charge is -2.17. The lowest BCUT2D eigenvalue weighted by molar-refractivity contribution is -0.141. The van der Waals surface area contributed by atoms with E-state index in [0.717, 1.165) is 12.1 Å². The van der Waals surface area contributed by atoms with Crippen molar-refractivity contribution in [2.75, 3.05) is 5.32 Å². The van der Waals surface area contributed by atoms with Crippen molar-refractivity contribution in [2.45, 2.75) is 19.1 Å². The van der Waals surface area contributed by atoms with Crippen LogP contribution in [0.5, 0.6) is 0 Å². The van der Waals surface area contributed by atoms with E-state index in [0.29, 0.717) is 6.07 Å². The molecule has 2 amide bonds. The van der Waals surface area contributed by atoms with Crippen LogP contribution in [0.2, 0.25) is 0 Å². The van der Waals surface area contributed by atoms with Crippen LogP contribution in [0, 0.1) is 11.6 Å². The first-order valence-electron chi connectivity index (χ1n) is 5.24. The standard InChI is InChI=1S/C11H12F2N2O4/c1-5(16)9(10(17)18)15-11(19)14-8-3-2-6(12)4-7(8)13/h2-5,9,16H,1H3,(H,17,18)(H2,14,15,19). The molecule has 0 heterocycles. The minimum Gasteiger partial charge on any atom is -0.480 e. The molecule has 0 saturated carbocycles. The second-order valence-corrected chi connectivity index (χ2v) is 3.78. The van der Waals surface area contributed by atoms with Gasteiger partial charge in [0.05, 0.1) is 11.8 Å². The van der Waals surface area contributed by atoms with E-state index in [1.165, 1.54) is 6.92 Å². The molecule has 0 bridgehead atoms. The fourth-order valence-electron chi connectivity index (χ4n) is 1.28. The van der Waals surface area contributed by atoms with Crippen LogP contribution in [0.1, 0.15) is 6.92 Å². The van der Waals surface area contributed by atoms with Crippen molar-refractivity contribution in [1.82, 2.24) is 5.32 Å². The number of carboxylic acid groups (broad SMARTS) is 1. The van der Waals surface area contributed by atoms with Crippen LogP contribution < -0.4 is 10.6 Å². The zero-order chi connectivity index (χ0) is 14.6. The number of aliphatic carboxylic acids is 1. The predicted molar refractivity (Wildman–Crippen MR) is 61.6 cm³/mol. The second-order valence-electron chi connectivity index (χ2n) is 3.78. The molecular weight excluding hydrogens is 262 g/mol. The number of carboxylic acids is 1. The highest BCUT2D eigenvalue weighted by molar-refractivity contribution is 5.92. The third kappa shape index (κ3) is 4.18. The number of hydrogen-bond donors (Lipinski definition) is 4. The Morgan fingerprint density at radius 1 is 1.32 bits per heavy atom. The summed E-state index contributed by atoms with van der Waals surface area (Å²) in [7, 11) is 0. The SMILES string of the molecule is CC(O)C(NC(=O)Nc1ccc(F)cc1F)C(=O)O. The Kier molecular flexibility index (Phi) is 4.76. The highest BCUT2D eigenvalue weighted by Gasteiger charge is 2.25. The maximum Gasteiger partial charge on any atom is 0.328 e. The van der Waals surface area contributed by atoms with Gasteiger partial charge in [0.15, 0.2) is 6.04 Å². The number of carbonyl (C=O) groups excluding carboxylic acids is 1. The van der Waals surface area contributed by atoms with Gasteiger partial charge >= 0.3 is 12.0 Å². The highest BCUT2D eigenvalue weighted by Crippen LogP contribution is 2.14. The predicted octanol–water partition coefficient (Wildman–Crippen LogP) is 0.920. The molecule has 1 aromatic rings. The molecule has 0 aromatic heterocycles. The maximum atomic E-state index is 13.2. The number of hydrogen-bond acceptors (Lipinski definition) is 3. The summed E-state index contributed by atoms with van der Waals surface area (Å²) in [6.45, 7) is 1.18. The molecule has 0 aliphatic carbocycles. The fourth-order valence-corrected chi connectivity index (χ4v) is 1.28. The number of carbonyl (C=O) groups is 2. The van der Waals surface area contributed by atoms with Crippen LogP contribution in [-0.2, 0) is 4.79 Å². The summed E-state index contributed by atoms with van der Waals surface area (Å²) in [5.74, 6) is -3.25. The Balaban J connectivity index is 2.72. The third-order valence-electron chi connectivity index (χ3n) is 2.21. The number of amides is 2. The molecular formula is C11H12F2N2O4. The van der Waals surface area contributed by atoms with E-state index in [4.69, 9.17) is 10.2 Å². The Labute approximate surface area is 107 Å². The van der Waals surface area contributed by atoms with E-state index in [2.05, 4.69) is 0 Å². The number of halogens is 2. The fraction of sp³-hybridized carbons (Fsp3) is 0.273. The molecule has 8 heteroatoms. The number of urea groups is 1. The Morgan fingerprint density at radius 3 is 2.42 bits per heavy atom. The van der Waals surface area contributed by atoms with E-state index >= 15 is 0 Å². The molecule has 1 rings (SSSR count). The molecule has 19 heavy (non-hydrogen) atoms. The molecule has 4 N–H and O–H groups in total. The monoisotopic (exact) mass is 274 g/mol. The summed E-state index contributed by atoms with van der Waals surface area (Å²) >= 11 is 0. The highest BCUT2D eigenvalue weighted by atomic mass is 19.1. The van der Waals surface area contributed by atoms with Crippen LogP contribution in [0.15, 0.2) is 18.2 Å². The molecule has 2 unspecified atom stereocenters. The Bertz CT molecular complexity index is 494. The number of aliphatic hydroxyl groups is 1. The smallest absolute Gasteiger partial charge is 0.328 e. The van der Waals surface area contributed by atoms with Crippen molar-refractivity contribution in [2.24, 2.45) is 0 Å². The number of aliphatic hydroxyl groups excluding tert-OH is 1. The zero-order valence-electron chi connectivity index (χ0n) is 9.85. The lowest BCUT2D eigenvalue weighted by atomic mass is 10.2. The largest absolute Gasteiger partial charge is 0.480 e. The van der Waals surface area contributed by atoms with E-state index in [1.54, 1.807) is 0 Å². The van der Waals surface area contributed by atoms with Crippen molar-refractivity contribution in [3.05, 3.63) is 29.8 Å². The molecule has 104 valence electrons. The van der Waals surface area contributed by atoms with E-state index in [-0.39, 0.29) is 5.69 Å². The van der Waals surface area contributed by atoms with Crippen molar-refractivity contribution in [3.63, 3.8) is 0 Å². The average Bonchev–Trinajstić information content (AvgIpc) is 2.29. The van der Waals surface area contributed by atoms with Gasteiger partial charge in [0.2, 0.25) is 0 Å². The lowest BCUT2D eigenvalue weighted by Crippen LogP contribution is -2.49. The van der Waals surface area contributed by atoms with Crippen molar-refractivity contribution in [1.29, 1.82) is 0 Å². The third-order valence-corrected chi connectivity index (χ3v) is 2.21. The topological polar surface area (TPSA) is 98.7 Å². The average molecular weight is 274 g/mol. The number of anilines is 1. The summed E-state index contributed by atoms with van der Waals surface area (Å²) in [5, 5.41) is 21.8. The van der Waals surface area contributed by atoms with Crippen molar-refractivity contribution in [3.8, 4) is 0 Å². The van der Waals surface area contributed by atoms with Gasteiger partial charge in [-0.1, -0.05) is 0 Å². The van der Waals surface area contributed by atoms with Crippen LogP contribution in [-0.4, -0.2) is 34.4 Å². The van der Waals surface area contributed by atoms with Gasteiger partial charge in [-0.15, -0.1) is 0 Å². The minimum absolute atomic E-state index is 0.311. The van der Waals surface area contributed by atoms with Gasteiger partial charge < -0.3 is 20.8 Å². The van der Waals surface area contributed by atoms with Gasteiger partial charge in [-0.2, -0.15) is 0 Å². The Hall–Kier alpha value is -2.22. The number of benzene rings is 1. The van der Waals surface area contributed by atoms with Crippen LogP contribution in [0.25, 0.3) is 0 Å². The summed E-state index contributed by atoms with van der Waals surface area (Å²) < 4.78 is 25.8. The summed E-state index contributed by atoms with van der Waals surface area (Å²) in [6.07, 6.45) is -1.33. The number of nitrogens with one attached hydrogen (secondary N) is 2. The first-order valence-corrected chi connectivity index (χ1v) is 5.24. The molecule has 0 radical (unpaired) electrons. The quantitative estimate of drug-likeness (QED) is 0.656. The van der Waals surface area contributed by atoms with Gasteiger partial charge in [0, 0.05) is 6.07 Å². The molecule has 0 saturated heterocycles. The van der Waals surface area contributed by atoms with Gasteiger partial charge in [-0.3, -0.25) is 0 Å². The number of rotatable bonds is 4. The zero-order valence-corrected chi connectivity index (χ0v) is 9.85. The molecule has 2 atom stereocenters.